The summed E-state index contributed by atoms with van der Waals surface area (Å²) >= 11 is 5.17. The normalized spacial score (nSPS) is 10.0. The second kappa shape index (κ2) is 9.02. The van der Waals surface area contributed by atoms with Gasteiger partial charge in [-0.2, -0.15) is 0 Å². The maximum absolute atomic E-state index is 12.5. The molecule has 0 saturated heterocycles. The van der Waals surface area contributed by atoms with E-state index in [-0.39, 0.29) is 11.7 Å². The molecule has 8 heteroatoms. The molecule has 26 heavy (non-hydrogen) atoms. The third kappa shape index (κ3) is 4.62. The molecular formula is C18H20N2O5S. The summed E-state index contributed by atoms with van der Waals surface area (Å²) in [6, 6.07) is 10.1. The van der Waals surface area contributed by atoms with Crippen molar-refractivity contribution in [3.63, 3.8) is 0 Å². The average Bonchev–Trinajstić information content (AvgIpc) is 2.66. The highest BCUT2D eigenvalue weighted by molar-refractivity contribution is 7.80. The molecule has 0 atom stereocenters. The lowest BCUT2D eigenvalue weighted by atomic mass is 10.1. The number of aliphatic hydroxyl groups is 1. The first kappa shape index (κ1) is 19.5. The molecule has 0 aliphatic rings. The number of carbonyl (C=O) groups is 1. The monoisotopic (exact) mass is 376 g/mol. The van der Waals surface area contributed by atoms with E-state index >= 15 is 0 Å². The molecule has 0 bridgehead atoms. The molecule has 0 heterocycles. The van der Waals surface area contributed by atoms with Crippen molar-refractivity contribution in [3.05, 3.63) is 47.5 Å². The van der Waals surface area contributed by atoms with E-state index in [4.69, 9.17) is 31.5 Å². The summed E-state index contributed by atoms with van der Waals surface area (Å²) in [6.45, 7) is -0.0833. The second-order valence-electron chi connectivity index (χ2n) is 5.18. The summed E-state index contributed by atoms with van der Waals surface area (Å²) in [4.78, 5) is 12.5. The van der Waals surface area contributed by atoms with E-state index < -0.39 is 5.91 Å². The van der Waals surface area contributed by atoms with Gasteiger partial charge in [0.1, 0.15) is 0 Å². The van der Waals surface area contributed by atoms with Gasteiger partial charge in [0.05, 0.1) is 27.9 Å². The SMILES string of the molecule is COc1cc(C(=O)NC(=S)Nc2cccc(CO)c2)cc(OC)c1OC. The van der Waals surface area contributed by atoms with Crippen molar-refractivity contribution in [1.29, 1.82) is 0 Å². The summed E-state index contributed by atoms with van der Waals surface area (Å²) in [6.07, 6.45) is 0. The fraction of sp³-hybridized carbons (Fsp3) is 0.222. The fourth-order valence-electron chi connectivity index (χ4n) is 2.30. The molecule has 0 saturated carbocycles. The highest BCUT2D eigenvalue weighted by atomic mass is 32.1. The predicted molar refractivity (Wildman–Crippen MR) is 102 cm³/mol. The lowest BCUT2D eigenvalue weighted by Gasteiger charge is -2.14. The zero-order chi connectivity index (χ0) is 19.1. The quantitative estimate of drug-likeness (QED) is 0.667. The minimum atomic E-state index is -0.430. The van der Waals surface area contributed by atoms with Gasteiger partial charge >= 0.3 is 0 Å². The van der Waals surface area contributed by atoms with Crippen molar-refractivity contribution in [1.82, 2.24) is 5.32 Å². The average molecular weight is 376 g/mol. The number of carbonyl (C=O) groups excluding carboxylic acids is 1. The van der Waals surface area contributed by atoms with Crippen molar-refractivity contribution in [2.45, 2.75) is 6.61 Å². The van der Waals surface area contributed by atoms with Gasteiger partial charge in [0.25, 0.3) is 5.91 Å². The molecule has 7 nitrogen and oxygen atoms in total. The number of anilines is 1. The third-order valence-corrected chi connectivity index (χ3v) is 3.73. The summed E-state index contributed by atoms with van der Waals surface area (Å²) < 4.78 is 15.7. The number of rotatable bonds is 6. The minimum absolute atomic E-state index is 0.0833. The van der Waals surface area contributed by atoms with Gasteiger partial charge < -0.3 is 24.6 Å². The number of nitrogens with one attached hydrogen (secondary N) is 2. The molecule has 138 valence electrons. The van der Waals surface area contributed by atoms with Gasteiger partial charge in [-0.25, -0.2) is 0 Å². The molecule has 2 aromatic rings. The van der Waals surface area contributed by atoms with E-state index in [0.717, 1.165) is 5.56 Å². The number of thiocarbonyl (C=S) groups is 1. The van der Waals surface area contributed by atoms with Gasteiger partial charge in [-0.05, 0) is 42.0 Å². The molecule has 1 amide bonds. The van der Waals surface area contributed by atoms with Crippen molar-refractivity contribution in [3.8, 4) is 17.2 Å². The van der Waals surface area contributed by atoms with Crippen LogP contribution in [-0.2, 0) is 6.61 Å². The van der Waals surface area contributed by atoms with Crippen LogP contribution in [0.2, 0.25) is 0 Å². The highest BCUT2D eigenvalue weighted by Gasteiger charge is 2.17. The molecule has 0 radical (unpaired) electrons. The van der Waals surface area contributed by atoms with E-state index in [1.807, 2.05) is 0 Å². The molecular weight excluding hydrogens is 356 g/mol. The van der Waals surface area contributed by atoms with Crippen LogP contribution in [-0.4, -0.2) is 37.5 Å². The van der Waals surface area contributed by atoms with Gasteiger partial charge in [0.15, 0.2) is 16.6 Å². The summed E-state index contributed by atoms with van der Waals surface area (Å²) in [5.41, 5.74) is 1.69. The Morgan fingerprint density at radius 2 is 1.73 bits per heavy atom. The summed E-state index contributed by atoms with van der Waals surface area (Å²) in [5, 5.41) is 14.8. The van der Waals surface area contributed by atoms with Crippen molar-refractivity contribution in [2.24, 2.45) is 0 Å². The Balaban J connectivity index is 2.14. The predicted octanol–water partition coefficient (Wildman–Crippen LogP) is 2.33. The Labute approximate surface area is 156 Å². The number of ether oxygens (including phenoxy) is 3. The van der Waals surface area contributed by atoms with Crippen LogP contribution in [0.4, 0.5) is 5.69 Å². The first-order chi connectivity index (χ1) is 12.5. The standard InChI is InChI=1S/C18H20N2O5S/c1-23-14-8-12(9-15(24-2)16(14)25-3)17(22)20-18(26)19-13-6-4-5-11(7-13)10-21/h4-9,21H,10H2,1-3H3,(H2,19,20,22,26). The first-order valence-corrected chi connectivity index (χ1v) is 8.05. The topological polar surface area (TPSA) is 89.1 Å². The number of amides is 1. The number of methoxy groups -OCH3 is 3. The van der Waals surface area contributed by atoms with Crippen LogP contribution in [0.1, 0.15) is 15.9 Å². The minimum Gasteiger partial charge on any atom is -0.493 e. The molecule has 0 aliphatic carbocycles. The number of aliphatic hydroxyl groups excluding tert-OH is 1. The largest absolute Gasteiger partial charge is 0.493 e. The second-order valence-corrected chi connectivity index (χ2v) is 5.59. The van der Waals surface area contributed by atoms with Crippen LogP contribution in [0.3, 0.4) is 0 Å². The highest BCUT2D eigenvalue weighted by Crippen LogP contribution is 2.38. The van der Waals surface area contributed by atoms with E-state index in [1.165, 1.54) is 33.5 Å². The molecule has 0 aliphatic heterocycles. The zero-order valence-electron chi connectivity index (χ0n) is 14.7. The number of hydrogen-bond acceptors (Lipinski definition) is 6. The molecule has 0 unspecified atom stereocenters. The molecule has 0 aromatic heterocycles. The smallest absolute Gasteiger partial charge is 0.257 e. The maximum atomic E-state index is 12.5. The van der Waals surface area contributed by atoms with E-state index in [1.54, 1.807) is 24.3 Å². The van der Waals surface area contributed by atoms with Crippen LogP contribution >= 0.6 is 12.2 Å². The van der Waals surface area contributed by atoms with Gasteiger partial charge in [0, 0.05) is 11.3 Å². The van der Waals surface area contributed by atoms with E-state index in [9.17, 15) is 4.79 Å². The third-order valence-electron chi connectivity index (χ3n) is 3.52. The van der Waals surface area contributed by atoms with Crippen LogP contribution in [0.25, 0.3) is 0 Å². The van der Waals surface area contributed by atoms with E-state index in [2.05, 4.69) is 10.6 Å². The van der Waals surface area contributed by atoms with Gasteiger partial charge in [0.2, 0.25) is 5.75 Å². The van der Waals surface area contributed by atoms with E-state index in [0.29, 0.717) is 28.5 Å². The molecule has 0 spiro atoms. The Kier molecular flexibility index (Phi) is 6.76. The number of benzene rings is 2. The van der Waals surface area contributed by atoms with Crippen molar-refractivity contribution in [2.75, 3.05) is 26.6 Å². The Morgan fingerprint density at radius 3 is 2.27 bits per heavy atom. The maximum Gasteiger partial charge on any atom is 0.257 e. The lowest BCUT2D eigenvalue weighted by Crippen LogP contribution is -2.34. The van der Waals surface area contributed by atoms with Crippen molar-refractivity contribution >= 4 is 28.9 Å². The number of hydrogen-bond donors (Lipinski definition) is 3. The fourth-order valence-corrected chi connectivity index (χ4v) is 2.51. The van der Waals surface area contributed by atoms with Gasteiger partial charge in [-0.3, -0.25) is 10.1 Å². The first-order valence-electron chi connectivity index (χ1n) is 7.64. The summed E-state index contributed by atoms with van der Waals surface area (Å²) in [5.74, 6) is 0.700. The molecule has 3 N–H and O–H groups in total. The van der Waals surface area contributed by atoms with Crippen LogP contribution in [0.5, 0.6) is 17.2 Å². The van der Waals surface area contributed by atoms with Crippen LogP contribution in [0, 0.1) is 0 Å². The molecule has 2 rings (SSSR count). The van der Waals surface area contributed by atoms with Gasteiger partial charge in [-0.15, -0.1) is 0 Å². The Hall–Kier alpha value is -2.84. The summed E-state index contributed by atoms with van der Waals surface area (Å²) in [7, 11) is 4.43. The zero-order valence-corrected chi connectivity index (χ0v) is 15.5. The Bertz CT molecular complexity index is 785. The lowest BCUT2D eigenvalue weighted by molar-refractivity contribution is 0.0977. The van der Waals surface area contributed by atoms with Crippen molar-refractivity contribution < 1.29 is 24.1 Å². The van der Waals surface area contributed by atoms with Gasteiger partial charge in [-0.1, -0.05) is 12.1 Å². The Morgan fingerprint density at radius 1 is 1.08 bits per heavy atom. The van der Waals surface area contributed by atoms with Crippen LogP contribution < -0.4 is 24.8 Å². The molecule has 0 fully saturated rings. The van der Waals surface area contributed by atoms with Crippen LogP contribution in [0.15, 0.2) is 36.4 Å². The molecule has 2 aromatic carbocycles.